The van der Waals surface area contributed by atoms with Crippen LogP contribution in [0, 0.1) is 13.8 Å². The van der Waals surface area contributed by atoms with Crippen LogP contribution in [0.25, 0.3) is 11.2 Å². The molecule has 1 atom stereocenters. The molecule has 7 nitrogen and oxygen atoms in total. The molecule has 0 saturated carbocycles. The quantitative estimate of drug-likeness (QED) is 0.747. The largest absolute Gasteiger partial charge is 0.481 e. The van der Waals surface area contributed by atoms with Crippen LogP contribution in [0.4, 0.5) is 5.82 Å². The number of nitrogens with one attached hydrogen (secondary N) is 1. The third-order valence-electron chi connectivity index (χ3n) is 3.37. The van der Waals surface area contributed by atoms with E-state index in [0.717, 1.165) is 5.56 Å². The summed E-state index contributed by atoms with van der Waals surface area (Å²) in [6, 6.07) is 8.94. The predicted molar refractivity (Wildman–Crippen MR) is 84.1 cm³/mol. The van der Waals surface area contributed by atoms with Gasteiger partial charge in [-0.1, -0.05) is 30.3 Å². The molecule has 118 valence electrons. The number of oxazole rings is 1. The summed E-state index contributed by atoms with van der Waals surface area (Å²) < 4.78 is 5.44. The number of nitrogens with zero attached hydrogens (tertiary/aromatic N) is 3. The zero-order valence-corrected chi connectivity index (χ0v) is 12.8. The summed E-state index contributed by atoms with van der Waals surface area (Å²) in [5.41, 5.74) is 1.75. The van der Waals surface area contributed by atoms with Crippen molar-refractivity contribution in [2.45, 2.75) is 26.3 Å². The number of rotatable bonds is 5. The SMILES string of the molecule is Cc1nc(NC(CC(=O)O)c2ccccc2)c2nc(C)oc2n1. The van der Waals surface area contributed by atoms with Crippen LogP contribution in [0.15, 0.2) is 34.7 Å². The lowest BCUT2D eigenvalue weighted by Crippen LogP contribution is -2.16. The summed E-state index contributed by atoms with van der Waals surface area (Å²) in [7, 11) is 0. The van der Waals surface area contributed by atoms with E-state index in [-0.39, 0.29) is 6.42 Å². The van der Waals surface area contributed by atoms with E-state index in [9.17, 15) is 9.90 Å². The first kappa shape index (κ1) is 15.0. The van der Waals surface area contributed by atoms with Crippen molar-refractivity contribution in [3.63, 3.8) is 0 Å². The van der Waals surface area contributed by atoms with Crippen molar-refractivity contribution in [1.82, 2.24) is 15.0 Å². The van der Waals surface area contributed by atoms with Crippen molar-refractivity contribution in [2.75, 3.05) is 5.32 Å². The highest BCUT2D eigenvalue weighted by atomic mass is 16.4. The molecule has 0 fully saturated rings. The van der Waals surface area contributed by atoms with Gasteiger partial charge in [0.15, 0.2) is 17.2 Å². The molecule has 23 heavy (non-hydrogen) atoms. The van der Waals surface area contributed by atoms with Crippen LogP contribution in [0.1, 0.15) is 29.7 Å². The number of fused-ring (bicyclic) bond motifs is 1. The van der Waals surface area contributed by atoms with E-state index in [2.05, 4.69) is 20.3 Å². The van der Waals surface area contributed by atoms with Crippen molar-refractivity contribution in [1.29, 1.82) is 0 Å². The standard InChI is InChI=1S/C16H16N4O3/c1-9-17-15(14-16(18-9)23-10(2)19-14)20-12(8-13(21)22)11-6-4-3-5-7-11/h3-7,12H,8H2,1-2H3,(H,21,22)(H,17,18,20). The van der Waals surface area contributed by atoms with Crippen molar-refractivity contribution in [3.8, 4) is 0 Å². The molecule has 0 aliphatic rings. The van der Waals surface area contributed by atoms with Gasteiger partial charge in [-0.3, -0.25) is 4.79 Å². The minimum Gasteiger partial charge on any atom is -0.481 e. The third-order valence-corrected chi connectivity index (χ3v) is 3.37. The number of carboxylic acid groups (broad SMARTS) is 1. The lowest BCUT2D eigenvalue weighted by molar-refractivity contribution is -0.137. The maximum absolute atomic E-state index is 11.2. The summed E-state index contributed by atoms with van der Waals surface area (Å²) in [6.45, 7) is 3.48. The minimum absolute atomic E-state index is 0.0780. The highest BCUT2D eigenvalue weighted by molar-refractivity contribution is 5.82. The van der Waals surface area contributed by atoms with Crippen molar-refractivity contribution >= 4 is 23.0 Å². The van der Waals surface area contributed by atoms with E-state index >= 15 is 0 Å². The van der Waals surface area contributed by atoms with Crippen LogP contribution in [-0.2, 0) is 4.79 Å². The number of benzene rings is 1. The highest BCUT2D eigenvalue weighted by Gasteiger charge is 2.19. The molecule has 2 heterocycles. The molecule has 0 aliphatic heterocycles. The summed E-state index contributed by atoms with van der Waals surface area (Å²) in [6.07, 6.45) is -0.0780. The molecule has 2 aromatic heterocycles. The smallest absolute Gasteiger partial charge is 0.305 e. The van der Waals surface area contributed by atoms with Gasteiger partial charge < -0.3 is 14.8 Å². The van der Waals surface area contributed by atoms with Crippen LogP contribution in [0.5, 0.6) is 0 Å². The van der Waals surface area contributed by atoms with E-state index in [1.54, 1.807) is 13.8 Å². The van der Waals surface area contributed by atoms with Gasteiger partial charge in [-0.15, -0.1) is 0 Å². The van der Waals surface area contributed by atoms with Crippen molar-refractivity contribution in [2.24, 2.45) is 0 Å². The number of aryl methyl sites for hydroxylation is 2. The molecule has 7 heteroatoms. The van der Waals surface area contributed by atoms with Gasteiger partial charge in [-0.25, -0.2) is 9.97 Å². The van der Waals surface area contributed by atoms with Crippen LogP contribution in [-0.4, -0.2) is 26.0 Å². The summed E-state index contributed by atoms with van der Waals surface area (Å²) in [5.74, 6) is 0.583. The molecule has 0 amide bonds. The fourth-order valence-corrected chi connectivity index (χ4v) is 2.41. The molecule has 3 aromatic rings. The Labute approximate surface area is 132 Å². The maximum Gasteiger partial charge on any atom is 0.305 e. The van der Waals surface area contributed by atoms with Gasteiger partial charge in [0, 0.05) is 6.92 Å². The lowest BCUT2D eigenvalue weighted by atomic mass is 10.0. The average molecular weight is 312 g/mol. The molecule has 0 bridgehead atoms. The Morgan fingerprint density at radius 3 is 2.65 bits per heavy atom. The molecular formula is C16H16N4O3. The number of carboxylic acids is 1. The van der Waals surface area contributed by atoms with Gasteiger partial charge in [0.05, 0.1) is 12.5 Å². The molecule has 0 aliphatic carbocycles. The van der Waals surface area contributed by atoms with Crippen LogP contribution in [0.2, 0.25) is 0 Å². The zero-order chi connectivity index (χ0) is 16.4. The normalized spacial score (nSPS) is 12.3. The Bertz CT molecular complexity index is 845. The Hall–Kier alpha value is -2.96. The fraction of sp³-hybridized carbons (Fsp3) is 0.250. The van der Waals surface area contributed by atoms with Gasteiger partial charge in [0.1, 0.15) is 5.82 Å². The molecule has 3 rings (SSSR count). The third kappa shape index (κ3) is 3.28. The van der Waals surface area contributed by atoms with E-state index in [1.165, 1.54) is 0 Å². The van der Waals surface area contributed by atoms with Crippen LogP contribution in [0.3, 0.4) is 0 Å². The van der Waals surface area contributed by atoms with Crippen molar-refractivity contribution < 1.29 is 14.3 Å². The molecular weight excluding hydrogens is 296 g/mol. The molecule has 1 aromatic carbocycles. The molecule has 0 spiro atoms. The second-order valence-corrected chi connectivity index (χ2v) is 5.21. The Balaban J connectivity index is 2.01. The summed E-state index contributed by atoms with van der Waals surface area (Å²) in [5, 5.41) is 12.4. The number of aromatic nitrogens is 3. The van der Waals surface area contributed by atoms with Gasteiger partial charge in [-0.05, 0) is 12.5 Å². The second-order valence-electron chi connectivity index (χ2n) is 5.21. The molecule has 0 radical (unpaired) electrons. The Morgan fingerprint density at radius 1 is 1.22 bits per heavy atom. The zero-order valence-electron chi connectivity index (χ0n) is 12.8. The Kier molecular flexibility index (Phi) is 3.92. The van der Waals surface area contributed by atoms with E-state index in [0.29, 0.717) is 28.8 Å². The number of hydrogen-bond donors (Lipinski definition) is 2. The van der Waals surface area contributed by atoms with Crippen molar-refractivity contribution in [3.05, 3.63) is 47.6 Å². The molecule has 2 N–H and O–H groups in total. The first-order valence-electron chi connectivity index (χ1n) is 7.18. The summed E-state index contributed by atoms with van der Waals surface area (Å²) >= 11 is 0. The highest BCUT2D eigenvalue weighted by Crippen LogP contribution is 2.26. The van der Waals surface area contributed by atoms with Gasteiger partial charge in [0.2, 0.25) is 0 Å². The lowest BCUT2D eigenvalue weighted by Gasteiger charge is -2.18. The summed E-state index contributed by atoms with van der Waals surface area (Å²) in [4.78, 5) is 24.0. The number of carbonyl (C=O) groups is 1. The topological polar surface area (TPSA) is 101 Å². The Morgan fingerprint density at radius 2 is 1.96 bits per heavy atom. The first-order valence-corrected chi connectivity index (χ1v) is 7.18. The molecule has 1 unspecified atom stereocenters. The molecule has 0 saturated heterocycles. The average Bonchev–Trinajstić information content (AvgIpc) is 2.87. The number of aliphatic carboxylic acids is 1. The van der Waals surface area contributed by atoms with Crippen LogP contribution >= 0.6 is 0 Å². The van der Waals surface area contributed by atoms with E-state index in [4.69, 9.17) is 4.42 Å². The van der Waals surface area contributed by atoms with Gasteiger partial charge in [0.25, 0.3) is 5.71 Å². The first-order chi connectivity index (χ1) is 11.0. The predicted octanol–water partition coefficient (Wildman–Crippen LogP) is 2.86. The number of hydrogen-bond acceptors (Lipinski definition) is 6. The van der Waals surface area contributed by atoms with Gasteiger partial charge >= 0.3 is 5.97 Å². The van der Waals surface area contributed by atoms with E-state index < -0.39 is 12.0 Å². The van der Waals surface area contributed by atoms with Gasteiger partial charge in [-0.2, -0.15) is 4.98 Å². The van der Waals surface area contributed by atoms with Crippen LogP contribution < -0.4 is 5.32 Å². The minimum atomic E-state index is -0.898. The van der Waals surface area contributed by atoms with E-state index in [1.807, 2.05) is 30.3 Å². The second kappa shape index (κ2) is 6.04. The monoisotopic (exact) mass is 312 g/mol. The number of anilines is 1. The maximum atomic E-state index is 11.2. The fourth-order valence-electron chi connectivity index (χ4n) is 2.41.